The van der Waals surface area contributed by atoms with Crippen LogP contribution in [0.3, 0.4) is 0 Å². The number of aryl methyl sites for hydroxylation is 1. The molecular weight excluding hydrogens is 378 g/mol. The summed E-state index contributed by atoms with van der Waals surface area (Å²) in [5.41, 5.74) is 3.58. The molecule has 0 fully saturated rings. The van der Waals surface area contributed by atoms with Crippen molar-refractivity contribution >= 4 is 23.2 Å². The Morgan fingerprint density at radius 2 is 1.70 bits per heavy atom. The van der Waals surface area contributed by atoms with E-state index in [1.165, 1.54) is 0 Å². The van der Waals surface area contributed by atoms with Gasteiger partial charge in [-0.1, -0.05) is 42.5 Å². The fourth-order valence-electron chi connectivity index (χ4n) is 3.13. The summed E-state index contributed by atoms with van der Waals surface area (Å²) in [5.74, 6) is 0.154. The molecule has 1 atom stereocenters. The van der Waals surface area contributed by atoms with Crippen molar-refractivity contribution in [1.29, 1.82) is 0 Å². The molecule has 0 spiro atoms. The normalized spacial score (nSPS) is 11.3. The first kappa shape index (κ1) is 20.9. The van der Waals surface area contributed by atoms with Gasteiger partial charge in [0, 0.05) is 18.3 Å². The monoisotopic (exact) mass is 403 g/mol. The average molecular weight is 403 g/mol. The molecule has 0 radical (unpaired) electrons. The number of nitrogens with one attached hydrogen (secondary N) is 3. The van der Waals surface area contributed by atoms with Crippen molar-refractivity contribution in [2.75, 3.05) is 24.8 Å². The SMILES string of the molecule is CNC(=O)c1cccc(NC(C(=O)Nc2cc(C)ccc2OC)c2ccccc2)c1. The number of rotatable bonds is 7. The van der Waals surface area contributed by atoms with E-state index in [9.17, 15) is 9.59 Å². The maximum Gasteiger partial charge on any atom is 0.251 e. The molecule has 3 rings (SSSR count). The topological polar surface area (TPSA) is 79.5 Å². The van der Waals surface area contributed by atoms with Crippen molar-refractivity contribution in [2.24, 2.45) is 0 Å². The molecule has 0 aliphatic rings. The number of hydrogen-bond acceptors (Lipinski definition) is 4. The second-order valence-electron chi connectivity index (χ2n) is 6.84. The summed E-state index contributed by atoms with van der Waals surface area (Å²) in [6.07, 6.45) is 0. The maximum atomic E-state index is 13.3. The van der Waals surface area contributed by atoms with Gasteiger partial charge in [0.25, 0.3) is 11.8 Å². The third kappa shape index (κ3) is 4.97. The van der Waals surface area contributed by atoms with Crippen molar-refractivity contribution in [1.82, 2.24) is 5.32 Å². The minimum Gasteiger partial charge on any atom is -0.495 e. The van der Waals surface area contributed by atoms with Gasteiger partial charge in [0.05, 0.1) is 12.8 Å². The van der Waals surface area contributed by atoms with Crippen LogP contribution in [-0.4, -0.2) is 26.0 Å². The molecule has 0 saturated carbocycles. The Hall–Kier alpha value is -3.80. The summed E-state index contributed by atoms with van der Waals surface area (Å²) >= 11 is 0. The van der Waals surface area contributed by atoms with E-state index < -0.39 is 6.04 Å². The summed E-state index contributed by atoms with van der Waals surface area (Å²) in [6.45, 7) is 1.95. The third-order valence-corrected chi connectivity index (χ3v) is 4.67. The van der Waals surface area contributed by atoms with Gasteiger partial charge >= 0.3 is 0 Å². The fraction of sp³-hybridized carbons (Fsp3) is 0.167. The van der Waals surface area contributed by atoms with Crippen molar-refractivity contribution in [3.8, 4) is 5.75 Å². The predicted molar refractivity (Wildman–Crippen MR) is 119 cm³/mol. The van der Waals surface area contributed by atoms with Crippen LogP contribution in [0.4, 0.5) is 11.4 Å². The van der Waals surface area contributed by atoms with Gasteiger partial charge in [-0.25, -0.2) is 0 Å². The molecule has 0 aliphatic carbocycles. The van der Waals surface area contributed by atoms with Crippen LogP contribution in [0.15, 0.2) is 72.8 Å². The Kier molecular flexibility index (Phi) is 6.70. The minimum atomic E-state index is -0.670. The minimum absolute atomic E-state index is 0.191. The lowest BCUT2D eigenvalue weighted by Gasteiger charge is -2.21. The van der Waals surface area contributed by atoms with Gasteiger partial charge < -0.3 is 20.7 Å². The van der Waals surface area contributed by atoms with Crippen molar-refractivity contribution in [3.05, 3.63) is 89.5 Å². The molecule has 154 valence electrons. The Morgan fingerprint density at radius 3 is 2.40 bits per heavy atom. The molecule has 3 N–H and O–H groups in total. The molecule has 6 heteroatoms. The van der Waals surface area contributed by atoms with E-state index in [2.05, 4.69) is 16.0 Å². The van der Waals surface area contributed by atoms with Crippen LogP contribution in [0, 0.1) is 6.92 Å². The van der Waals surface area contributed by atoms with Gasteiger partial charge in [-0.05, 0) is 48.4 Å². The maximum absolute atomic E-state index is 13.3. The highest BCUT2D eigenvalue weighted by atomic mass is 16.5. The van der Waals surface area contributed by atoms with Gasteiger partial charge in [-0.15, -0.1) is 0 Å². The van der Waals surface area contributed by atoms with E-state index in [0.29, 0.717) is 22.7 Å². The molecule has 0 heterocycles. The molecule has 0 bridgehead atoms. The van der Waals surface area contributed by atoms with Gasteiger partial charge in [0.2, 0.25) is 0 Å². The zero-order valence-corrected chi connectivity index (χ0v) is 17.2. The third-order valence-electron chi connectivity index (χ3n) is 4.67. The number of anilines is 2. The molecule has 3 aromatic carbocycles. The van der Waals surface area contributed by atoms with Crippen molar-refractivity contribution in [2.45, 2.75) is 13.0 Å². The Morgan fingerprint density at radius 1 is 0.933 bits per heavy atom. The van der Waals surface area contributed by atoms with Crippen molar-refractivity contribution < 1.29 is 14.3 Å². The van der Waals surface area contributed by atoms with E-state index in [4.69, 9.17) is 4.74 Å². The Bertz CT molecular complexity index is 1030. The number of carbonyl (C=O) groups is 2. The zero-order chi connectivity index (χ0) is 21.5. The van der Waals surface area contributed by atoms with Crippen LogP contribution in [0.5, 0.6) is 5.75 Å². The molecule has 1 unspecified atom stereocenters. The Labute approximate surface area is 176 Å². The van der Waals surface area contributed by atoms with E-state index >= 15 is 0 Å². The standard InChI is InChI=1S/C24H25N3O3/c1-16-12-13-21(30-3)20(14-16)27-24(29)22(17-8-5-4-6-9-17)26-19-11-7-10-18(15-19)23(28)25-2/h4-15,22,26H,1-3H3,(H,25,28)(H,27,29). The lowest BCUT2D eigenvalue weighted by molar-refractivity contribution is -0.117. The highest BCUT2D eigenvalue weighted by molar-refractivity contribution is 5.99. The fourth-order valence-corrected chi connectivity index (χ4v) is 3.13. The summed E-state index contributed by atoms with van der Waals surface area (Å²) in [4.78, 5) is 25.2. The number of methoxy groups -OCH3 is 1. The van der Waals surface area contributed by atoms with Crippen LogP contribution in [-0.2, 0) is 4.79 Å². The summed E-state index contributed by atoms with van der Waals surface area (Å²) in [7, 11) is 3.15. The zero-order valence-electron chi connectivity index (χ0n) is 17.2. The number of carbonyl (C=O) groups excluding carboxylic acids is 2. The van der Waals surface area contributed by atoms with E-state index in [1.807, 2.05) is 61.5 Å². The van der Waals surface area contributed by atoms with Crippen LogP contribution in [0.1, 0.15) is 27.5 Å². The largest absolute Gasteiger partial charge is 0.495 e. The first-order chi connectivity index (χ1) is 14.5. The first-order valence-electron chi connectivity index (χ1n) is 9.61. The number of ether oxygens (including phenoxy) is 1. The van der Waals surface area contributed by atoms with Gasteiger partial charge in [-0.2, -0.15) is 0 Å². The summed E-state index contributed by atoms with van der Waals surface area (Å²) in [5, 5.41) is 8.82. The van der Waals surface area contributed by atoms with Gasteiger partial charge in [0.15, 0.2) is 0 Å². The highest BCUT2D eigenvalue weighted by Gasteiger charge is 2.22. The number of hydrogen-bond donors (Lipinski definition) is 3. The second-order valence-corrected chi connectivity index (χ2v) is 6.84. The van der Waals surface area contributed by atoms with Crippen LogP contribution < -0.4 is 20.7 Å². The molecular formula is C24H25N3O3. The quantitative estimate of drug-likeness (QED) is 0.554. The van der Waals surface area contributed by atoms with Crippen LogP contribution in [0.2, 0.25) is 0 Å². The molecule has 2 amide bonds. The van der Waals surface area contributed by atoms with E-state index in [0.717, 1.165) is 11.1 Å². The summed E-state index contributed by atoms with van der Waals surface area (Å²) in [6, 6.07) is 21.4. The van der Waals surface area contributed by atoms with Crippen LogP contribution >= 0.6 is 0 Å². The molecule has 6 nitrogen and oxygen atoms in total. The molecule has 30 heavy (non-hydrogen) atoms. The predicted octanol–water partition coefficient (Wildman–Crippen LogP) is 4.16. The smallest absolute Gasteiger partial charge is 0.251 e. The van der Waals surface area contributed by atoms with E-state index in [1.54, 1.807) is 32.4 Å². The van der Waals surface area contributed by atoms with Crippen LogP contribution in [0.25, 0.3) is 0 Å². The second kappa shape index (κ2) is 9.60. The molecule has 0 aliphatic heterocycles. The summed E-state index contributed by atoms with van der Waals surface area (Å²) < 4.78 is 5.38. The van der Waals surface area contributed by atoms with Gasteiger partial charge in [-0.3, -0.25) is 9.59 Å². The van der Waals surface area contributed by atoms with Crippen molar-refractivity contribution in [3.63, 3.8) is 0 Å². The number of benzene rings is 3. The lowest BCUT2D eigenvalue weighted by atomic mass is 10.0. The first-order valence-corrected chi connectivity index (χ1v) is 9.61. The average Bonchev–Trinajstić information content (AvgIpc) is 2.77. The molecule has 3 aromatic rings. The van der Waals surface area contributed by atoms with Gasteiger partial charge in [0.1, 0.15) is 11.8 Å². The molecule has 0 aromatic heterocycles. The lowest BCUT2D eigenvalue weighted by Crippen LogP contribution is -2.27. The van der Waals surface area contributed by atoms with E-state index in [-0.39, 0.29) is 11.8 Å². The molecule has 0 saturated heterocycles. The Balaban J connectivity index is 1.91. The highest BCUT2D eigenvalue weighted by Crippen LogP contribution is 2.28. The number of amides is 2.